The summed E-state index contributed by atoms with van der Waals surface area (Å²) in [6, 6.07) is 6.08. The number of benzene rings is 1. The first-order valence-electron chi connectivity index (χ1n) is 7.07. The number of carbonyl (C=O) groups excluding carboxylic acids is 1. The maximum Gasteiger partial charge on any atom is 0.257 e. The lowest BCUT2D eigenvalue weighted by Crippen LogP contribution is -2.19. The second-order valence-corrected chi connectivity index (χ2v) is 5.06. The minimum Gasteiger partial charge on any atom is -0.399 e. The summed E-state index contributed by atoms with van der Waals surface area (Å²) in [6.45, 7) is 0. The van der Waals surface area contributed by atoms with Crippen LogP contribution in [0.5, 0.6) is 0 Å². The molecule has 0 fully saturated rings. The van der Waals surface area contributed by atoms with Gasteiger partial charge in [0.15, 0.2) is 0 Å². The Morgan fingerprint density at radius 2 is 2.18 bits per heavy atom. The molecule has 114 valence electrons. The fourth-order valence-corrected chi connectivity index (χ4v) is 2.68. The van der Waals surface area contributed by atoms with E-state index in [1.807, 2.05) is 0 Å². The molecule has 1 amide bonds. The third-order valence-electron chi connectivity index (χ3n) is 3.66. The number of nitrogens with zero attached hydrogens (tertiary/aromatic N) is 1. The fraction of sp³-hybridized carbons (Fsp3) is 0.250. The summed E-state index contributed by atoms with van der Waals surface area (Å²) >= 11 is 0. The molecule has 6 heteroatoms. The van der Waals surface area contributed by atoms with Gasteiger partial charge in [-0.3, -0.25) is 4.79 Å². The average Bonchev–Trinajstić information content (AvgIpc) is 2.95. The zero-order valence-corrected chi connectivity index (χ0v) is 12.1. The Bertz CT molecular complexity index is 737. The highest BCUT2D eigenvalue weighted by Gasteiger charge is 2.25. The number of para-hydroxylation sites is 1. The number of aromatic amines is 1. The summed E-state index contributed by atoms with van der Waals surface area (Å²) < 4.78 is 13.7. The molecule has 1 aliphatic carbocycles. The number of aryl methyl sites for hydroxylation is 1. The SMILES string of the molecule is CO/N=C1\CCCc2[nH]cc(C(=O)Nc3ccccc3F)c21. The van der Waals surface area contributed by atoms with Crippen molar-refractivity contribution in [2.45, 2.75) is 19.3 Å². The third-order valence-corrected chi connectivity index (χ3v) is 3.66. The van der Waals surface area contributed by atoms with Crippen LogP contribution in [0.4, 0.5) is 10.1 Å². The van der Waals surface area contributed by atoms with Gasteiger partial charge in [0.25, 0.3) is 5.91 Å². The standard InChI is InChI=1S/C16H16FN3O2/c1-22-20-14-8-4-7-13-15(14)10(9-18-13)16(21)19-12-6-3-2-5-11(12)17/h2-3,5-6,9,18H,4,7-8H2,1H3,(H,19,21)/b20-14+. The smallest absolute Gasteiger partial charge is 0.257 e. The molecule has 5 nitrogen and oxygen atoms in total. The van der Waals surface area contributed by atoms with Gasteiger partial charge >= 0.3 is 0 Å². The summed E-state index contributed by atoms with van der Waals surface area (Å²) in [5, 5.41) is 6.60. The number of carbonyl (C=O) groups is 1. The molecule has 2 aromatic rings. The summed E-state index contributed by atoms with van der Waals surface area (Å²) in [4.78, 5) is 20.4. The molecule has 0 spiro atoms. The largest absolute Gasteiger partial charge is 0.399 e. The van der Waals surface area contributed by atoms with Crippen molar-refractivity contribution in [2.24, 2.45) is 5.16 Å². The maximum atomic E-state index is 13.7. The lowest BCUT2D eigenvalue weighted by molar-refractivity contribution is 0.102. The van der Waals surface area contributed by atoms with E-state index in [4.69, 9.17) is 4.84 Å². The molecule has 0 bridgehead atoms. The van der Waals surface area contributed by atoms with Crippen molar-refractivity contribution in [1.29, 1.82) is 0 Å². The monoisotopic (exact) mass is 301 g/mol. The number of halogens is 1. The number of amides is 1. The number of rotatable bonds is 3. The number of hydrogen-bond acceptors (Lipinski definition) is 3. The second-order valence-electron chi connectivity index (χ2n) is 5.06. The minimum atomic E-state index is -0.467. The van der Waals surface area contributed by atoms with Crippen molar-refractivity contribution in [1.82, 2.24) is 4.98 Å². The van der Waals surface area contributed by atoms with Crippen LogP contribution >= 0.6 is 0 Å². The molecule has 0 unspecified atom stereocenters. The number of oxime groups is 1. The maximum absolute atomic E-state index is 13.7. The average molecular weight is 301 g/mol. The van der Waals surface area contributed by atoms with Gasteiger partial charge in [-0.25, -0.2) is 4.39 Å². The normalized spacial score (nSPS) is 15.5. The summed E-state index contributed by atoms with van der Waals surface area (Å²) in [6.07, 6.45) is 4.19. The van der Waals surface area contributed by atoms with E-state index in [-0.39, 0.29) is 11.6 Å². The summed E-state index contributed by atoms with van der Waals surface area (Å²) in [5.74, 6) is -0.834. The number of nitrogens with one attached hydrogen (secondary N) is 2. The zero-order chi connectivity index (χ0) is 15.5. The van der Waals surface area contributed by atoms with E-state index in [0.717, 1.165) is 36.2 Å². The molecule has 0 atom stereocenters. The minimum absolute atomic E-state index is 0.156. The molecule has 1 heterocycles. The van der Waals surface area contributed by atoms with Crippen LogP contribution < -0.4 is 5.32 Å². The van der Waals surface area contributed by atoms with Gasteiger partial charge in [0, 0.05) is 17.5 Å². The van der Waals surface area contributed by atoms with Crippen molar-refractivity contribution in [3.05, 3.63) is 53.1 Å². The number of H-pyrrole nitrogens is 1. The topological polar surface area (TPSA) is 66.5 Å². The van der Waals surface area contributed by atoms with Crippen molar-refractivity contribution in [2.75, 3.05) is 12.4 Å². The molecular formula is C16H16FN3O2. The first kappa shape index (κ1) is 14.3. The van der Waals surface area contributed by atoms with Crippen LogP contribution in [0.1, 0.15) is 34.5 Å². The second kappa shape index (κ2) is 6.01. The molecule has 0 aliphatic heterocycles. The van der Waals surface area contributed by atoms with Crippen LogP contribution in [0, 0.1) is 5.82 Å². The fourth-order valence-electron chi connectivity index (χ4n) is 2.68. The molecule has 1 aromatic heterocycles. The van der Waals surface area contributed by atoms with Crippen LogP contribution in [0.2, 0.25) is 0 Å². The lowest BCUT2D eigenvalue weighted by Gasteiger charge is -2.15. The van der Waals surface area contributed by atoms with Crippen molar-refractivity contribution >= 4 is 17.3 Å². The molecule has 1 aromatic carbocycles. The van der Waals surface area contributed by atoms with E-state index in [1.165, 1.54) is 19.2 Å². The summed E-state index contributed by atoms with van der Waals surface area (Å²) in [5.41, 5.74) is 3.07. The molecule has 0 saturated heterocycles. The Balaban J connectivity index is 1.93. The first-order chi connectivity index (χ1) is 10.7. The van der Waals surface area contributed by atoms with Crippen molar-refractivity contribution < 1.29 is 14.0 Å². The van der Waals surface area contributed by atoms with Gasteiger partial charge in [-0.1, -0.05) is 17.3 Å². The van der Waals surface area contributed by atoms with Gasteiger partial charge in [-0.15, -0.1) is 0 Å². The van der Waals surface area contributed by atoms with Gasteiger partial charge in [-0.2, -0.15) is 0 Å². The van der Waals surface area contributed by atoms with Crippen LogP contribution in [0.25, 0.3) is 0 Å². The molecule has 2 N–H and O–H groups in total. The molecule has 0 radical (unpaired) electrons. The molecule has 0 saturated carbocycles. The van der Waals surface area contributed by atoms with Gasteiger partial charge in [0.05, 0.1) is 17.0 Å². The van der Waals surface area contributed by atoms with Gasteiger partial charge in [0.2, 0.25) is 0 Å². The van der Waals surface area contributed by atoms with E-state index >= 15 is 0 Å². The zero-order valence-electron chi connectivity index (χ0n) is 12.1. The highest BCUT2D eigenvalue weighted by molar-refractivity contribution is 6.15. The predicted octanol–water partition coefficient (Wildman–Crippen LogP) is 3.09. The Morgan fingerprint density at radius 3 is 2.95 bits per heavy atom. The number of anilines is 1. The highest BCUT2D eigenvalue weighted by atomic mass is 19.1. The van der Waals surface area contributed by atoms with E-state index in [0.29, 0.717) is 5.56 Å². The van der Waals surface area contributed by atoms with Crippen LogP contribution in [-0.4, -0.2) is 23.7 Å². The number of hydrogen-bond donors (Lipinski definition) is 2. The molecule has 22 heavy (non-hydrogen) atoms. The Kier molecular flexibility index (Phi) is 3.91. The number of aromatic nitrogens is 1. The molecular weight excluding hydrogens is 285 g/mol. The molecule has 1 aliphatic rings. The van der Waals surface area contributed by atoms with Gasteiger partial charge < -0.3 is 15.1 Å². The van der Waals surface area contributed by atoms with Crippen LogP contribution in [0.3, 0.4) is 0 Å². The van der Waals surface area contributed by atoms with Gasteiger partial charge in [-0.05, 0) is 31.4 Å². The van der Waals surface area contributed by atoms with E-state index in [9.17, 15) is 9.18 Å². The first-order valence-corrected chi connectivity index (χ1v) is 7.07. The van der Waals surface area contributed by atoms with Crippen molar-refractivity contribution in [3.63, 3.8) is 0 Å². The Labute approximate surface area is 127 Å². The highest BCUT2D eigenvalue weighted by Crippen LogP contribution is 2.26. The van der Waals surface area contributed by atoms with Crippen LogP contribution in [0.15, 0.2) is 35.6 Å². The molecule has 3 rings (SSSR count). The Hall–Kier alpha value is -2.63. The third kappa shape index (κ3) is 2.59. The van der Waals surface area contributed by atoms with Crippen LogP contribution in [-0.2, 0) is 11.3 Å². The van der Waals surface area contributed by atoms with Crippen molar-refractivity contribution in [3.8, 4) is 0 Å². The lowest BCUT2D eigenvalue weighted by atomic mass is 9.93. The quantitative estimate of drug-likeness (QED) is 0.856. The Morgan fingerprint density at radius 1 is 1.36 bits per heavy atom. The van der Waals surface area contributed by atoms with E-state index < -0.39 is 5.82 Å². The number of fused-ring (bicyclic) bond motifs is 1. The summed E-state index contributed by atoms with van der Waals surface area (Å²) in [7, 11) is 1.48. The predicted molar refractivity (Wildman–Crippen MR) is 81.6 cm³/mol. The van der Waals surface area contributed by atoms with E-state index in [2.05, 4.69) is 15.5 Å². The van der Waals surface area contributed by atoms with E-state index in [1.54, 1.807) is 18.3 Å². The van der Waals surface area contributed by atoms with Gasteiger partial charge in [0.1, 0.15) is 12.9 Å².